The minimum Gasteiger partial charge on any atom is -0.354 e. The zero-order chi connectivity index (χ0) is 18.6. The minimum atomic E-state index is -0.0550. The van der Waals surface area contributed by atoms with Gasteiger partial charge < -0.3 is 10.6 Å². The molecule has 26 heavy (non-hydrogen) atoms. The third-order valence-corrected chi connectivity index (χ3v) is 4.57. The number of carbonyl (C=O) groups is 2. The Morgan fingerprint density at radius 3 is 2.19 bits per heavy atom. The molecule has 134 valence electrons. The van der Waals surface area contributed by atoms with Crippen molar-refractivity contribution in [2.75, 3.05) is 18.8 Å². The molecule has 0 spiro atoms. The molecule has 0 fully saturated rings. The largest absolute Gasteiger partial charge is 0.354 e. The molecule has 2 rings (SSSR count). The van der Waals surface area contributed by atoms with Crippen molar-refractivity contribution < 1.29 is 9.59 Å². The Balaban J connectivity index is 1.54. The second-order valence-electron chi connectivity index (χ2n) is 5.66. The Morgan fingerprint density at radius 2 is 1.54 bits per heavy atom. The van der Waals surface area contributed by atoms with Gasteiger partial charge in [-0.25, -0.2) is 0 Å². The van der Waals surface area contributed by atoms with Crippen molar-refractivity contribution in [2.24, 2.45) is 0 Å². The maximum atomic E-state index is 11.8. The molecular formula is C20H21N3O2S. The van der Waals surface area contributed by atoms with Gasteiger partial charge in [-0.1, -0.05) is 42.5 Å². The van der Waals surface area contributed by atoms with Gasteiger partial charge in [0.25, 0.3) is 0 Å². The Labute approximate surface area is 157 Å². The highest BCUT2D eigenvalue weighted by molar-refractivity contribution is 7.99. The number of hydrogen-bond acceptors (Lipinski definition) is 4. The van der Waals surface area contributed by atoms with Crippen LogP contribution in [0.4, 0.5) is 0 Å². The smallest absolute Gasteiger partial charge is 0.230 e. The highest BCUT2D eigenvalue weighted by Gasteiger charge is 2.04. The van der Waals surface area contributed by atoms with Crippen LogP contribution in [0.3, 0.4) is 0 Å². The zero-order valence-corrected chi connectivity index (χ0v) is 15.2. The fourth-order valence-corrected chi connectivity index (χ4v) is 3.05. The highest BCUT2D eigenvalue weighted by Crippen LogP contribution is 2.12. The fourth-order valence-electron chi connectivity index (χ4n) is 2.24. The first-order valence-electron chi connectivity index (χ1n) is 8.31. The average molecular weight is 367 g/mol. The molecule has 0 aliphatic heterocycles. The topological polar surface area (TPSA) is 82.0 Å². The molecule has 0 aliphatic carbocycles. The minimum absolute atomic E-state index is 0.0547. The quantitative estimate of drug-likeness (QED) is 0.666. The van der Waals surface area contributed by atoms with Crippen molar-refractivity contribution >= 4 is 23.6 Å². The molecule has 0 radical (unpaired) electrons. The molecule has 0 saturated carbocycles. The van der Waals surface area contributed by atoms with Crippen LogP contribution in [0.15, 0.2) is 54.6 Å². The van der Waals surface area contributed by atoms with Crippen molar-refractivity contribution in [3.63, 3.8) is 0 Å². The molecular weight excluding hydrogens is 346 g/mol. The summed E-state index contributed by atoms with van der Waals surface area (Å²) in [5, 5.41) is 14.3. The van der Waals surface area contributed by atoms with Gasteiger partial charge in [0, 0.05) is 18.8 Å². The number of rotatable bonds is 9. The fraction of sp³-hybridized carbons (Fsp3) is 0.250. The van der Waals surface area contributed by atoms with E-state index in [9.17, 15) is 9.59 Å². The van der Waals surface area contributed by atoms with Gasteiger partial charge >= 0.3 is 0 Å². The lowest BCUT2D eigenvalue weighted by Gasteiger charge is -2.07. The predicted octanol–water partition coefficient (Wildman–Crippen LogP) is 2.27. The monoisotopic (exact) mass is 367 g/mol. The first-order valence-corrected chi connectivity index (χ1v) is 9.47. The molecule has 2 N–H and O–H groups in total. The number of benzene rings is 2. The lowest BCUT2D eigenvalue weighted by molar-refractivity contribution is -0.121. The summed E-state index contributed by atoms with van der Waals surface area (Å²) in [6, 6.07) is 18.9. The van der Waals surface area contributed by atoms with Crippen LogP contribution in [0.25, 0.3) is 0 Å². The lowest BCUT2D eigenvalue weighted by atomic mass is 10.1. The van der Waals surface area contributed by atoms with E-state index in [1.54, 1.807) is 12.1 Å². The molecule has 0 atom stereocenters. The third-order valence-electron chi connectivity index (χ3n) is 3.56. The zero-order valence-electron chi connectivity index (χ0n) is 14.4. The van der Waals surface area contributed by atoms with E-state index in [0.29, 0.717) is 36.6 Å². The number of nitrogens with zero attached hydrogens (tertiary/aromatic N) is 1. The Morgan fingerprint density at radius 1 is 0.885 bits per heavy atom. The second kappa shape index (κ2) is 11.0. The van der Waals surface area contributed by atoms with E-state index >= 15 is 0 Å². The standard InChI is InChI=1S/C20H21N3O2S/c21-13-17-6-8-18(9-7-17)14-26-15-20(25)23-11-10-22-19(24)12-16-4-2-1-3-5-16/h1-9H,10-12,14-15H2,(H,22,24)(H,23,25). The summed E-state index contributed by atoms with van der Waals surface area (Å²) < 4.78 is 0. The molecule has 2 amide bonds. The number of carbonyl (C=O) groups excluding carboxylic acids is 2. The summed E-state index contributed by atoms with van der Waals surface area (Å²) in [6.45, 7) is 0.828. The van der Waals surface area contributed by atoms with Crippen molar-refractivity contribution in [2.45, 2.75) is 12.2 Å². The van der Waals surface area contributed by atoms with Crippen molar-refractivity contribution in [3.05, 3.63) is 71.3 Å². The van der Waals surface area contributed by atoms with Gasteiger partial charge in [-0.15, -0.1) is 11.8 Å². The number of hydrogen-bond donors (Lipinski definition) is 2. The average Bonchev–Trinajstić information content (AvgIpc) is 2.66. The van der Waals surface area contributed by atoms with E-state index in [1.165, 1.54) is 11.8 Å². The van der Waals surface area contributed by atoms with Crippen LogP contribution in [-0.2, 0) is 21.8 Å². The number of nitriles is 1. The molecule has 0 aliphatic rings. The Bertz CT molecular complexity index is 755. The summed E-state index contributed by atoms with van der Waals surface area (Å²) in [5.41, 5.74) is 2.68. The molecule has 2 aromatic rings. The first kappa shape index (κ1) is 19.5. The lowest BCUT2D eigenvalue weighted by Crippen LogP contribution is -2.36. The van der Waals surface area contributed by atoms with E-state index in [-0.39, 0.29) is 11.8 Å². The van der Waals surface area contributed by atoms with E-state index in [1.807, 2.05) is 42.5 Å². The van der Waals surface area contributed by atoms with Gasteiger partial charge in [0.1, 0.15) is 0 Å². The highest BCUT2D eigenvalue weighted by atomic mass is 32.2. The van der Waals surface area contributed by atoms with Crippen LogP contribution in [0.5, 0.6) is 0 Å². The normalized spacial score (nSPS) is 9.96. The summed E-state index contributed by atoms with van der Waals surface area (Å²) in [5.74, 6) is 0.965. The summed E-state index contributed by atoms with van der Waals surface area (Å²) in [7, 11) is 0. The molecule has 6 heteroatoms. The third kappa shape index (κ3) is 7.41. The second-order valence-corrected chi connectivity index (χ2v) is 6.65. The van der Waals surface area contributed by atoms with Crippen molar-refractivity contribution in [1.82, 2.24) is 10.6 Å². The maximum absolute atomic E-state index is 11.8. The molecule has 0 unspecified atom stereocenters. The Hall–Kier alpha value is -2.78. The van der Waals surface area contributed by atoms with Crippen molar-refractivity contribution in [1.29, 1.82) is 5.26 Å². The van der Waals surface area contributed by atoms with Gasteiger partial charge in [-0.3, -0.25) is 9.59 Å². The molecule has 0 saturated heterocycles. The van der Waals surface area contributed by atoms with Crippen molar-refractivity contribution in [3.8, 4) is 6.07 Å². The Kier molecular flexibility index (Phi) is 8.24. The van der Waals surface area contributed by atoms with Gasteiger partial charge in [0.2, 0.25) is 11.8 Å². The van der Waals surface area contributed by atoms with E-state index in [4.69, 9.17) is 5.26 Å². The van der Waals surface area contributed by atoms with Crippen LogP contribution < -0.4 is 10.6 Å². The van der Waals surface area contributed by atoms with Gasteiger partial charge in [-0.05, 0) is 23.3 Å². The summed E-state index contributed by atoms with van der Waals surface area (Å²) in [6.07, 6.45) is 0.342. The molecule has 0 bridgehead atoms. The number of thioether (sulfide) groups is 1. The predicted molar refractivity (Wildman–Crippen MR) is 103 cm³/mol. The van der Waals surface area contributed by atoms with Crippen LogP contribution in [0.2, 0.25) is 0 Å². The number of amides is 2. The maximum Gasteiger partial charge on any atom is 0.230 e. The van der Waals surface area contributed by atoms with Gasteiger partial charge in [0.15, 0.2) is 0 Å². The first-order chi connectivity index (χ1) is 12.7. The van der Waals surface area contributed by atoms with E-state index in [2.05, 4.69) is 16.7 Å². The molecule has 0 aromatic heterocycles. The number of nitrogens with one attached hydrogen (secondary N) is 2. The van der Waals surface area contributed by atoms with Crippen LogP contribution in [-0.4, -0.2) is 30.7 Å². The van der Waals surface area contributed by atoms with E-state index in [0.717, 1.165) is 11.1 Å². The summed E-state index contributed by atoms with van der Waals surface area (Å²) >= 11 is 1.51. The molecule has 0 heterocycles. The van der Waals surface area contributed by atoms with Crippen LogP contribution in [0, 0.1) is 11.3 Å². The van der Waals surface area contributed by atoms with Crippen LogP contribution in [0.1, 0.15) is 16.7 Å². The molecule has 2 aromatic carbocycles. The SMILES string of the molecule is N#Cc1ccc(CSCC(=O)NCCNC(=O)Cc2ccccc2)cc1. The molecule has 5 nitrogen and oxygen atoms in total. The van der Waals surface area contributed by atoms with Gasteiger partial charge in [0.05, 0.1) is 23.8 Å². The van der Waals surface area contributed by atoms with Gasteiger partial charge in [-0.2, -0.15) is 5.26 Å². The summed E-state index contributed by atoms with van der Waals surface area (Å²) in [4.78, 5) is 23.6. The van der Waals surface area contributed by atoms with E-state index < -0.39 is 0 Å². The van der Waals surface area contributed by atoms with Crippen LogP contribution >= 0.6 is 11.8 Å².